The molecule has 3 heteroatoms. The molecular formula is C16H22Cl2O. The van der Waals surface area contributed by atoms with E-state index in [-0.39, 0.29) is 0 Å². The van der Waals surface area contributed by atoms with E-state index in [2.05, 4.69) is 6.92 Å². The summed E-state index contributed by atoms with van der Waals surface area (Å²) in [6.07, 6.45) is 7.20. The molecule has 1 aromatic rings. The molecule has 0 amide bonds. The highest BCUT2D eigenvalue weighted by molar-refractivity contribution is 6.42. The summed E-state index contributed by atoms with van der Waals surface area (Å²) in [7, 11) is 0. The minimum atomic E-state index is -0.568. The maximum absolute atomic E-state index is 10.8. The Morgan fingerprint density at radius 2 is 2.00 bits per heavy atom. The summed E-state index contributed by atoms with van der Waals surface area (Å²) in [4.78, 5) is 0. The van der Waals surface area contributed by atoms with Gasteiger partial charge in [-0.2, -0.15) is 0 Å². The van der Waals surface area contributed by atoms with Crippen molar-refractivity contribution in [3.63, 3.8) is 0 Å². The van der Waals surface area contributed by atoms with Gasteiger partial charge in [0, 0.05) is 6.42 Å². The molecule has 1 N–H and O–H groups in total. The summed E-state index contributed by atoms with van der Waals surface area (Å²) in [5.41, 5.74) is 0.507. The summed E-state index contributed by atoms with van der Waals surface area (Å²) < 4.78 is 0. The highest BCUT2D eigenvalue weighted by Crippen LogP contribution is 2.35. The summed E-state index contributed by atoms with van der Waals surface area (Å²) in [5.74, 6) is 0.780. The molecule has 0 aliphatic heterocycles. The zero-order valence-electron chi connectivity index (χ0n) is 11.5. The number of aliphatic hydroxyl groups is 1. The standard InChI is InChI=1S/C16H22Cl2O/c1-2-12-4-3-8-16(19,9-7-12)11-13-5-6-14(17)15(18)10-13/h5-6,10,12,19H,2-4,7-9,11H2,1H3. The average molecular weight is 301 g/mol. The number of halogens is 2. The van der Waals surface area contributed by atoms with Crippen LogP contribution < -0.4 is 0 Å². The van der Waals surface area contributed by atoms with Gasteiger partial charge in [-0.05, 0) is 42.9 Å². The second-order valence-corrected chi connectivity index (χ2v) is 6.67. The second kappa shape index (κ2) is 6.47. The Morgan fingerprint density at radius 1 is 1.21 bits per heavy atom. The van der Waals surface area contributed by atoms with Gasteiger partial charge in [-0.1, -0.05) is 55.5 Å². The fourth-order valence-corrected chi connectivity index (χ4v) is 3.40. The van der Waals surface area contributed by atoms with E-state index in [1.54, 1.807) is 0 Å². The van der Waals surface area contributed by atoms with Gasteiger partial charge >= 0.3 is 0 Å². The molecule has 0 heterocycles. The Hall–Kier alpha value is -0.240. The largest absolute Gasteiger partial charge is 0.390 e. The van der Waals surface area contributed by atoms with E-state index in [1.807, 2.05) is 18.2 Å². The molecule has 0 spiro atoms. The SMILES string of the molecule is CCC1CCCC(O)(Cc2ccc(Cl)c(Cl)c2)CC1. The van der Waals surface area contributed by atoms with Crippen LogP contribution in [0.2, 0.25) is 10.0 Å². The molecule has 1 aliphatic rings. The predicted octanol–water partition coefficient (Wildman–Crippen LogP) is 5.26. The third-order valence-corrected chi connectivity index (χ3v) is 5.11. The van der Waals surface area contributed by atoms with Gasteiger partial charge in [0.25, 0.3) is 0 Å². The van der Waals surface area contributed by atoms with Gasteiger partial charge in [-0.25, -0.2) is 0 Å². The normalized spacial score (nSPS) is 28.1. The van der Waals surface area contributed by atoms with E-state index >= 15 is 0 Å². The first kappa shape index (κ1) is 15.2. The van der Waals surface area contributed by atoms with Crippen molar-refractivity contribution in [2.75, 3.05) is 0 Å². The summed E-state index contributed by atoms with van der Waals surface area (Å²) in [5, 5.41) is 11.9. The van der Waals surface area contributed by atoms with Gasteiger partial charge in [0.05, 0.1) is 15.6 Å². The first-order valence-electron chi connectivity index (χ1n) is 7.19. The van der Waals surface area contributed by atoms with E-state index < -0.39 is 5.60 Å². The van der Waals surface area contributed by atoms with Crippen molar-refractivity contribution in [3.05, 3.63) is 33.8 Å². The van der Waals surface area contributed by atoms with Crippen molar-refractivity contribution in [3.8, 4) is 0 Å². The number of hydrogen-bond donors (Lipinski definition) is 1. The molecule has 2 rings (SSSR count). The molecule has 1 nitrogen and oxygen atoms in total. The Morgan fingerprint density at radius 3 is 2.68 bits per heavy atom. The number of hydrogen-bond acceptors (Lipinski definition) is 1. The molecule has 0 bridgehead atoms. The summed E-state index contributed by atoms with van der Waals surface area (Å²) >= 11 is 12.0. The van der Waals surface area contributed by atoms with Crippen LogP contribution in [-0.2, 0) is 6.42 Å². The Balaban J connectivity index is 2.05. The molecule has 2 atom stereocenters. The zero-order chi connectivity index (χ0) is 13.9. The fourth-order valence-electron chi connectivity index (χ4n) is 3.08. The van der Waals surface area contributed by atoms with Crippen LogP contribution in [0.1, 0.15) is 51.0 Å². The molecular weight excluding hydrogens is 279 g/mol. The van der Waals surface area contributed by atoms with E-state index in [0.29, 0.717) is 16.5 Å². The Bertz CT molecular complexity index is 433. The van der Waals surface area contributed by atoms with Crippen LogP contribution in [0.3, 0.4) is 0 Å². The van der Waals surface area contributed by atoms with Crippen molar-refractivity contribution >= 4 is 23.2 Å². The van der Waals surface area contributed by atoms with E-state index in [1.165, 1.54) is 12.8 Å². The molecule has 0 radical (unpaired) electrons. The smallest absolute Gasteiger partial charge is 0.0688 e. The van der Waals surface area contributed by atoms with Crippen LogP contribution in [0, 0.1) is 5.92 Å². The zero-order valence-corrected chi connectivity index (χ0v) is 13.0. The van der Waals surface area contributed by atoms with Gasteiger partial charge in [0.1, 0.15) is 0 Å². The number of rotatable bonds is 3. The number of benzene rings is 1. The molecule has 1 fully saturated rings. The summed E-state index contributed by atoms with van der Waals surface area (Å²) in [6, 6.07) is 5.66. The van der Waals surface area contributed by atoms with E-state index in [9.17, 15) is 5.11 Å². The highest BCUT2D eigenvalue weighted by atomic mass is 35.5. The van der Waals surface area contributed by atoms with Crippen LogP contribution >= 0.6 is 23.2 Å². The molecule has 0 saturated heterocycles. The molecule has 106 valence electrons. The van der Waals surface area contributed by atoms with Crippen LogP contribution in [0.4, 0.5) is 0 Å². The van der Waals surface area contributed by atoms with Crippen molar-refractivity contribution in [2.45, 2.75) is 57.5 Å². The quantitative estimate of drug-likeness (QED) is 0.755. The first-order chi connectivity index (χ1) is 9.02. The molecule has 0 aromatic heterocycles. The lowest BCUT2D eigenvalue weighted by Crippen LogP contribution is -2.30. The molecule has 1 aromatic carbocycles. The van der Waals surface area contributed by atoms with Gasteiger partial charge in [-0.15, -0.1) is 0 Å². The first-order valence-corrected chi connectivity index (χ1v) is 7.94. The van der Waals surface area contributed by atoms with Crippen LogP contribution in [-0.4, -0.2) is 10.7 Å². The van der Waals surface area contributed by atoms with Gasteiger partial charge in [0.15, 0.2) is 0 Å². The second-order valence-electron chi connectivity index (χ2n) is 5.85. The van der Waals surface area contributed by atoms with Crippen molar-refractivity contribution in [1.29, 1.82) is 0 Å². The fraction of sp³-hybridized carbons (Fsp3) is 0.625. The Labute approximate surface area is 125 Å². The predicted molar refractivity (Wildman–Crippen MR) is 82.0 cm³/mol. The maximum Gasteiger partial charge on any atom is 0.0688 e. The van der Waals surface area contributed by atoms with Gasteiger partial charge < -0.3 is 5.11 Å². The Kier molecular flexibility index (Phi) is 5.16. The highest BCUT2D eigenvalue weighted by Gasteiger charge is 2.30. The van der Waals surface area contributed by atoms with Crippen molar-refractivity contribution in [2.24, 2.45) is 5.92 Å². The molecule has 19 heavy (non-hydrogen) atoms. The summed E-state index contributed by atoms with van der Waals surface area (Å²) in [6.45, 7) is 2.24. The van der Waals surface area contributed by atoms with Crippen LogP contribution in [0.15, 0.2) is 18.2 Å². The van der Waals surface area contributed by atoms with Crippen molar-refractivity contribution < 1.29 is 5.11 Å². The lowest BCUT2D eigenvalue weighted by atomic mass is 9.87. The minimum Gasteiger partial charge on any atom is -0.390 e. The van der Waals surface area contributed by atoms with E-state index in [4.69, 9.17) is 23.2 Å². The lowest BCUT2D eigenvalue weighted by molar-refractivity contribution is 0.0242. The lowest BCUT2D eigenvalue weighted by Gasteiger charge is -2.27. The maximum atomic E-state index is 10.8. The monoisotopic (exact) mass is 300 g/mol. The van der Waals surface area contributed by atoms with E-state index in [0.717, 1.165) is 37.2 Å². The van der Waals surface area contributed by atoms with Gasteiger partial charge in [0.2, 0.25) is 0 Å². The third kappa shape index (κ3) is 4.11. The van der Waals surface area contributed by atoms with Crippen molar-refractivity contribution in [1.82, 2.24) is 0 Å². The van der Waals surface area contributed by atoms with Crippen LogP contribution in [0.5, 0.6) is 0 Å². The molecule has 2 unspecified atom stereocenters. The topological polar surface area (TPSA) is 20.2 Å². The third-order valence-electron chi connectivity index (χ3n) is 4.37. The van der Waals surface area contributed by atoms with Crippen LogP contribution in [0.25, 0.3) is 0 Å². The van der Waals surface area contributed by atoms with Gasteiger partial charge in [-0.3, -0.25) is 0 Å². The minimum absolute atomic E-state index is 0.568. The molecule has 1 saturated carbocycles. The molecule has 1 aliphatic carbocycles. The average Bonchev–Trinajstić information content (AvgIpc) is 2.56.